The third-order valence-corrected chi connectivity index (χ3v) is 4.71. The maximum atomic E-state index is 13.1. The van der Waals surface area contributed by atoms with Crippen molar-refractivity contribution in [1.82, 2.24) is 10.2 Å². The fourth-order valence-corrected chi connectivity index (χ4v) is 3.06. The third kappa shape index (κ3) is 8.26. The van der Waals surface area contributed by atoms with Crippen LogP contribution >= 0.6 is 12.6 Å². The zero-order valence-corrected chi connectivity index (χ0v) is 17.5. The van der Waals surface area contributed by atoms with Gasteiger partial charge in [-0.1, -0.05) is 0 Å². The van der Waals surface area contributed by atoms with E-state index in [0.29, 0.717) is 26.3 Å². The fourth-order valence-electron chi connectivity index (χ4n) is 2.39. The molecule has 1 aliphatic rings. The van der Waals surface area contributed by atoms with Gasteiger partial charge in [-0.05, 0) is 24.3 Å². The topological polar surface area (TPSA) is 111 Å². The van der Waals surface area contributed by atoms with Crippen molar-refractivity contribution in [1.29, 1.82) is 0 Å². The number of hydrogen-bond acceptors (Lipinski definition) is 8. The monoisotopic (exact) mass is 450 g/mol. The fraction of sp³-hybridized carbons (Fsp3) is 0.529. The molecule has 2 atom stereocenters. The molecule has 12 heteroatoms. The largest absolute Gasteiger partial charge is 0.378 e. The van der Waals surface area contributed by atoms with Gasteiger partial charge in [-0.25, -0.2) is 4.39 Å². The molecular formula is C17H23FN2O7S2. The number of nitrogens with zero attached hydrogens (tertiary/aromatic N) is 1. The van der Waals surface area contributed by atoms with Crippen LogP contribution in [-0.4, -0.2) is 82.4 Å². The van der Waals surface area contributed by atoms with E-state index in [1.54, 1.807) is 0 Å². The Morgan fingerprint density at radius 2 is 1.86 bits per heavy atom. The van der Waals surface area contributed by atoms with Crippen LogP contribution in [0.25, 0.3) is 0 Å². The summed E-state index contributed by atoms with van der Waals surface area (Å²) in [6.45, 7) is 0.984. The number of hydrogen-bond donors (Lipinski definition) is 2. The summed E-state index contributed by atoms with van der Waals surface area (Å²) < 4.78 is 50.5. The highest BCUT2D eigenvalue weighted by molar-refractivity contribution is 7.86. The van der Waals surface area contributed by atoms with Crippen molar-refractivity contribution in [3.63, 3.8) is 0 Å². The van der Waals surface area contributed by atoms with Crippen LogP contribution in [-0.2, 0) is 28.6 Å². The Balaban J connectivity index is 2.02. The van der Waals surface area contributed by atoms with Crippen molar-refractivity contribution in [3.05, 3.63) is 35.6 Å². The van der Waals surface area contributed by atoms with Gasteiger partial charge in [0, 0.05) is 18.7 Å². The molecule has 0 aromatic heterocycles. The molecule has 1 N–H and O–H groups in total. The lowest BCUT2D eigenvalue weighted by Crippen LogP contribution is -2.53. The van der Waals surface area contributed by atoms with E-state index >= 15 is 0 Å². The Kier molecular flexibility index (Phi) is 8.83. The summed E-state index contributed by atoms with van der Waals surface area (Å²) in [5.74, 6) is -1.60. The number of amides is 2. The van der Waals surface area contributed by atoms with Crippen molar-refractivity contribution in [2.75, 3.05) is 45.8 Å². The number of morpholine rings is 1. The lowest BCUT2D eigenvalue weighted by Gasteiger charge is -2.31. The highest BCUT2D eigenvalue weighted by atomic mass is 32.2. The molecule has 0 spiro atoms. The third-order valence-electron chi connectivity index (χ3n) is 3.85. The molecule has 2 rings (SSSR count). The van der Waals surface area contributed by atoms with E-state index in [0.717, 1.165) is 18.4 Å². The van der Waals surface area contributed by atoms with Crippen molar-refractivity contribution in [3.8, 4) is 0 Å². The molecule has 0 bridgehead atoms. The summed E-state index contributed by atoms with van der Waals surface area (Å²) in [7, 11) is -3.64. The van der Waals surface area contributed by atoms with Gasteiger partial charge in [0.15, 0.2) is 0 Å². The SMILES string of the molecule is CS(=O)(=O)OC[C@H](S)CO[C@H](NC(=O)c1ccc(F)cc1)C(=O)N1CCOCC1. The van der Waals surface area contributed by atoms with Crippen LogP contribution in [0.5, 0.6) is 0 Å². The van der Waals surface area contributed by atoms with E-state index < -0.39 is 39.2 Å². The molecule has 29 heavy (non-hydrogen) atoms. The summed E-state index contributed by atoms with van der Waals surface area (Å²) in [5, 5.41) is 1.81. The average Bonchev–Trinajstić information content (AvgIpc) is 2.69. The second-order valence-electron chi connectivity index (χ2n) is 6.27. The molecule has 2 amide bonds. The van der Waals surface area contributed by atoms with E-state index in [4.69, 9.17) is 9.47 Å². The van der Waals surface area contributed by atoms with Gasteiger partial charge >= 0.3 is 0 Å². The number of benzene rings is 1. The normalized spacial score (nSPS) is 16.9. The maximum Gasteiger partial charge on any atom is 0.272 e. The predicted octanol–water partition coefficient (Wildman–Crippen LogP) is 0.0316. The minimum atomic E-state index is -3.64. The summed E-state index contributed by atoms with van der Waals surface area (Å²) in [6.07, 6.45) is -0.430. The van der Waals surface area contributed by atoms with Crippen molar-refractivity contribution >= 4 is 34.6 Å². The Hall–Kier alpha value is -1.73. The minimum absolute atomic E-state index is 0.151. The van der Waals surface area contributed by atoms with Crippen LogP contribution in [0.2, 0.25) is 0 Å². The molecule has 1 aromatic carbocycles. The van der Waals surface area contributed by atoms with Crippen LogP contribution in [0.15, 0.2) is 24.3 Å². The quantitative estimate of drug-likeness (QED) is 0.310. The molecule has 0 unspecified atom stereocenters. The van der Waals surface area contributed by atoms with Gasteiger partial charge in [-0.3, -0.25) is 13.8 Å². The Morgan fingerprint density at radius 3 is 2.45 bits per heavy atom. The van der Waals surface area contributed by atoms with Crippen molar-refractivity contribution in [2.45, 2.75) is 11.5 Å². The molecule has 0 saturated carbocycles. The lowest BCUT2D eigenvalue weighted by molar-refractivity contribution is -0.149. The average molecular weight is 451 g/mol. The Labute approximate surface area is 174 Å². The van der Waals surface area contributed by atoms with Crippen LogP contribution < -0.4 is 5.32 Å². The number of ether oxygens (including phenoxy) is 2. The predicted molar refractivity (Wildman–Crippen MR) is 105 cm³/mol. The molecule has 1 heterocycles. The first-order chi connectivity index (χ1) is 13.7. The molecule has 0 radical (unpaired) electrons. The van der Waals surface area contributed by atoms with E-state index in [2.05, 4.69) is 22.1 Å². The van der Waals surface area contributed by atoms with Crippen molar-refractivity contribution < 1.29 is 36.1 Å². The number of halogens is 1. The van der Waals surface area contributed by atoms with Crippen molar-refractivity contribution in [2.24, 2.45) is 0 Å². The molecule has 1 fully saturated rings. The number of thiol groups is 1. The Bertz CT molecular complexity index is 799. The van der Waals surface area contributed by atoms with Gasteiger partial charge in [0.2, 0.25) is 6.23 Å². The summed E-state index contributed by atoms with van der Waals surface area (Å²) in [5.41, 5.74) is 0.151. The van der Waals surface area contributed by atoms with Gasteiger partial charge in [0.25, 0.3) is 21.9 Å². The van der Waals surface area contributed by atoms with E-state index in [-0.39, 0.29) is 18.8 Å². The zero-order valence-electron chi connectivity index (χ0n) is 15.7. The number of nitrogens with one attached hydrogen (secondary N) is 1. The van der Waals surface area contributed by atoms with Gasteiger partial charge in [0.1, 0.15) is 5.82 Å². The highest BCUT2D eigenvalue weighted by Crippen LogP contribution is 2.08. The number of carbonyl (C=O) groups is 2. The van der Waals surface area contributed by atoms with Gasteiger partial charge in [0.05, 0.1) is 37.9 Å². The van der Waals surface area contributed by atoms with Crippen LogP contribution in [0, 0.1) is 5.82 Å². The van der Waals surface area contributed by atoms with E-state index in [1.807, 2.05) is 0 Å². The maximum absolute atomic E-state index is 13.1. The number of rotatable bonds is 9. The number of carbonyl (C=O) groups excluding carboxylic acids is 2. The Morgan fingerprint density at radius 1 is 1.24 bits per heavy atom. The first-order valence-corrected chi connectivity index (χ1v) is 11.1. The molecule has 1 aromatic rings. The molecular weight excluding hydrogens is 427 g/mol. The minimum Gasteiger partial charge on any atom is -0.378 e. The second kappa shape index (κ2) is 10.9. The molecule has 0 aliphatic carbocycles. The summed E-state index contributed by atoms with van der Waals surface area (Å²) in [6, 6.07) is 4.81. The van der Waals surface area contributed by atoms with Gasteiger partial charge < -0.3 is 19.7 Å². The molecule has 9 nitrogen and oxygen atoms in total. The molecule has 162 valence electrons. The smallest absolute Gasteiger partial charge is 0.272 e. The first-order valence-electron chi connectivity index (χ1n) is 8.73. The van der Waals surface area contributed by atoms with E-state index in [9.17, 15) is 22.4 Å². The molecule has 1 aliphatic heterocycles. The molecule has 1 saturated heterocycles. The van der Waals surface area contributed by atoms with Gasteiger partial charge in [-0.15, -0.1) is 0 Å². The van der Waals surface area contributed by atoms with Crippen LogP contribution in [0.4, 0.5) is 4.39 Å². The standard InChI is InChI=1S/C17H23FN2O7S2/c1-29(23,24)27-11-14(28)10-26-16(17(22)20-6-8-25-9-7-20)19-15(21)12-2-4-13(18)5-3-12/h2-5,14,16,28H,6-11H2,1H3,(H,19,21)/t14-,16+/m1/s1. The van der Waals surface area contributed by atoms with Crippen LogP contribution in [0.1, 0.15) is 10.4 Å². The van der Waals surface area contributed by atoms with Gasteiger partial charge in [-0.2, -0.15) is 21.0 Å². The van der Waals surface area contributed by atoms with Crippen LogP contribution in [0.3, 0.4) is 0 Å². The summed E-state index contributed by atoms with van der Waals surface area (Å²) in [4.78, 5) is 26.7. The lowest BCUT2D eigenvalue weighted by atomic mass is 10.2. The second-order valence-corrected chi connectivity index (χ2v) is 8.65. The summed E-state index contributed by atoms with van der Waals surface area (Å²) >= 11 is 4.17. The highest BCUT2D eigenvalue weighted by Gasteiger charge is 2.29. The first kappa shape index (κ1) is 23.5. The zero-order chi connectivity index (χ0) is 21.4. The van der Waals surface area contributed by atoms with E-state index in [1.165, 1.54) is 17.0 Å².